The van der Waals surface area contributed by atoms with Crippen LogP contribution >= 0.6 is 0 Å². The number of aromatic nitrogens is 3. The molecular weight excluding hydrogens is 206 g/mol. The minimum Gasteiger partial charge on any atom is -0.477 e. The molecule has 0 aromatic carbocycles. The fourth-order valence-electron chi connectivity index (χ4n) is 1.27. The highest BCUT2D eigenvalue weighted by Gasteiger charge is 2.06. The van der Waals surface area contributed by atoms with Crippen LogP contribution in [0.25, 0.3) is 0 Å². The second kappa shape index (κ2) is 4.48. The van der Waals surface area contributed by atoms with Crippen molar-refractivity contribution in [3.05, 3.63) is 53.9 Å². The van der Waals surface area contributed by atoms with Crippen LogP contribution in [-0.4, -0.2) is 26.0 Å². The van der Waals surface area contributed by atoms with Gasteiger partial charge in [0.2, 0.25) is 0 Å². The topological polar surface area (TPSA) is 76.0 Å². The van der Waals surface area contributed by atoms with Crippen molar-refractivity contribution in [2.75, 3.05) is 0 Å². The van der Waals surface area contributed by atoms with E-state index in [2.05, 4.69) is 15.0 Å². The summed E-state index contributed by atoms with van der Waals surface area (Å²) in [4.78, 5) is 22.7. The standard InChI is InChI=1S/C11H9N3O2/c15-11(16)9-4-6-13-10(14-9)7-8-3-1-2-5-12-8/h1-6H,7H2,(H,15,16). The van der Waals surface area contributed by atoms with E-state index in [-0.39, 0.29) is 5.69 Å². The minimum atomic E-state index is -1.05. The first kappa shape index (κ1) is 10.2. The molecule has 0 spiro atoms. The predicted molar refractivity (Wildman–Crippen MR) is 56.0 cm³/mol. The summed E-state index contributed by atoms with van der Waals surface area (Å²) >= 11 is 0. The van der Waals surface area contributed by atoms with E-state index in [1.165, 1.54) is 12.3 Å². The zero-order chi connectivity index (χ0) is 11.4. The summed E-state index contributed by atoms with van der Waals surface area (Å²) < 4.78 is 0. The third-order valence-electron chi connectivity index (χ3n) is 1.99. The van der Waals surface area contributed by atoms with Gasteiger partial charge < -0.3 is 5.11 Å². The van der Waals surface area contributed by atoms with Crippen molar-refractivity contribution < 1.29 is 9.90 Å². The van der Waals surface area contributed by atoms with Gasteiger partial charge in [0, 0.05) is 18.1 Å². The van der Waals surface area contributed by atoms with Crippen molar-refractivity contribution in [3.63, 3.8) is 0 Å². The molecule has 16 heavy (non-hydrogen) atoms. The molecule has 0 saturated carbocycles. The van der Waals surface area contributed by atoms with Gasteiger partial charge in [0.05, 0.1) is 6.42 Å². The van der Waals surface area contributed by atoms with Gasteiger partial charge in [-0.15, -0.1) is 0 Å². The van der Waals surface area contributed by atoms with Crippen molar-refractivity contribution in [2.24, 2.45) is 0 Å². The molecular formula is C11H9N3O2. The maximum atomic E-state index is 10.7. The fourth-order valence-corrected chi connectivity index (χ4v) is 1.27. The Bertz CT molecular complexity index is 500. The first-order valence-electron chi connectivity index (χ1n) is 4.71. The van der Waals surface area contributed by atoms with Crippen molar-refractivity contribution in [1.82, 2.24) is 15.0 Å². The van der Waals surface area contributed by atoms with Gasteiger partial charge in [0.15, 0.2) is 5.69 Å². The molecule has 0 aliphatic carbocycles. The average Bonchev–Trinajstić information content (AvgIpc) is 2.30. The number of carbonyl (C=O) groups is 1. The largest absolute Gasteiger partial charge is 0.477 e. The third kappa shape index (κ3) is 2.38. The van der Waals surface area contributed by atoms with E-state index in [9.17, 15) is 4.79 Å². The highest BCUT2D eigenvalue weighted by molar-refractivity contribution is 5.85. The molecule has 5 nitrogen and oxygen atoms in total. The van der Waals surface area contributed by atoms with Gasteiger partial charge in [0.25, 0.3) is 0 Å². The summed E-state index contributed by atoms with van der Waals surface area (Å²) in [5.41, 5.74) is 0.811. The van der Waals surface area contributed by atoms with Gasteiger partial charge in [-0.25, -0.2) is 14.8 Å². The van der Waals surface area contributed by atoms with Crippen LogP contribution in [0, 0.1) is 0 Å². The SMILES string of the molecule is O=C(O)c1ccnc(Cc2ccccn2)n1. The number of hydrogen-bond acceptors (Lipinski definition) is 4. The van der Waals surface area contributed by atoms with Crippen LogP contribution in [0.2, 0.25) is 0 Å². The minimum absolute atomic E-state index is 0.000862. The van der Waals surface area contributed by atoms with Crippen LogP contribution in [-0.2, 0) is 6.42 Å². The Morgan fingerprint density at radius 3 is 2.75 bits per heavy atom. The van der Waals surface area contributed by atoms with Crippen molar-refractivity contribution in [1.29, 1.82) is 0 Å². The third-order valence-corrected chi connectivity index (χ3v) is 1.99. The summed E-state index contributed by atoms with van der Waals surface area (Å²) in [7, 11) is 0. The summed E-state index contributed by atoms with van der Waals surface area (Å²) in [5, 5.41) is 8.77. The van der Waals surface area contributed by atoms with Gasteiger partial charge in [-0.3, -0.25) is 4.98 Å². The number of pyridine rings is 1. The molecule has 0 amide bonds. The lowest BCUT2D eigenvalue weighted by Crippen LogP contribution is -2.05. The summed E-state index contributed by atoms with van der Waals surface area (Å²) in [5.74, 6) is -0.594. The van der Waals surface area contributed by atoms with Crippen molar-refractivity contribution in [3.8, 4) is 0 Å². The van der Waals surface area contributed by atoms with E-state index in [4.69, 9.17) is 5.11 Å². The van der Waals surface area contributed by atoms with Crippen LogP contribution in [0.15, 0.2) is 36.7 Å². The van der Waals surface area contributed by atoms with Crippen molar-refractivity contribution >= 4 is 5.97 Å². The molecule has 2 rings (SSSR count). The number of nitrogens with zero attached hydrogens (tertiary/aromatic N) is 3. The molecule has 0 unspecified atom stereocenters. The zero-order valence-corrected chi connectivity index (χ0v) is 8.37. The Hall–Kier alpha value is -2.30. The van der Waals surface area contributed by atoms with E-state index < -0.39 is 5.97 Å². The molecule has 0 atom stereocenters. The summed E-state index contributed by atoms with van der Waals surface area (Å²) in [6, 6.07) is 6.89. The average molecular weight is 215 g/mol. The zero-order valence-electron chi connectivity index (χ0n) is 8.37. The Balaban J connectivity index is 2.22. The normalized spacial score (nSPS) is 10.0. The lowest BCUT2D eigenvalue weighted by atomic mass is 10.2. The van der Waals surface area contributed by atoms with E-state index in [0.29, 0.717) is 12.2 Å². The molecule has 5 heteroatoms. The molecule has 0 fully saturated rings. The molecule has 2 aromatic rings. The number of carboxylic acids is 1. The number of carboxylic acid groups (broad SMARTS) is 1. The van der Waals surface area contributed by atoms with Crippen molar-refractivity contribution in [2.45, 2.75) is 6.42 Å². The van der Waals surface area contributed by atoms with Crippen LogP contribution in [0.1, 0.15) is 22.0 Å². The first-order chi connectivity index (χ1) is 7.75. The lowest BCUT2D eigenvalue weighted by Gasteiger charge is -2.00. The predicted octanol–water partition coefficient (Wildman–Crippen LogP) is 1.16. The van der Waals surface area contributed by atoms with E-state index in [1.807, 2.05) is 18.2 Å². The van der Waals surface area contributed by atoms with E-state index in [0.717, 1.165) is 5.69 Å². The summed E-state index contributed by atoms with van der Waals surface area (Å²) in [6.45, 7) is 0. The first-order valence-corrected chi connectivity index (χ1v) is 4.71. The van der Waals surface area contributed by atoms with Crippen LogP contribution in [0.4, 0.5) is 0 Å². The van der Waals surface area contributed by atoms with Gasteiger partial charge in [0.1, 0.15) is 5.82 Å². The molecule has 0 aliphatic heterocycles. The molecule has 0 bridgehead atoms. The summed E-state index contributed by atoms with van der Waals surface area (Å²) in [6.07, 6.45) is 3.55. The quantitative estimate of drug-likeness (QED) is 0.831. The Morgan fingerprint density at radius 1 is 1.19 bits per heavy atom. The second-order valence-electron chi connectivity index (χ2n) is 3.16. The van der Waals surface area contributed by atoms with Crippen LogP contribution < -0.4 is 0 Å². The van der Waals surface area contributed by atoms with Gasteiger partial charge in [-0.2, -0.15) is 0 Å². The molecule has 80 valence electrons. The smallest absolute Gasteiger partial charge is 0.354 e. The highest BCUT2D eigenvalue weighted by Crippen LogP contribution is 2.02. The van der Waals surface area contributed by atoms with Crippen LogP contribution in [0.5, 0.6) is 0 Å². The van der Waals surface area contributed by atoms with E-state index >= 15 is 0 Å². The van der Waals surface area contributed by atoms with Gasteiger partial charge >= 0.3 is 5.97 Å². The Morgan fingerprint density at radius 2 is 2.06 bits per heavy atom. The highest BCUT2D eigenvalue weighted by atomic mass is 16.4. The second-order valence-corrected chi connectivity index (χ2v) is 3.16. The van der Waals surface area contributed by atoms with Crippen LogP contribution in [0.3, 0.4) is 0 Å². The number of aromatic carboxylic acids is 1. The van der Waals surface area contributed by atoms with Gasteiger partial charge in [-0.05, 0) is 18.2 Å². The number of rotatable bonds is 3. The Labute approximate surface area is 91.8 Å². The molecule has 0 radical (unpaired) electrons. The molecule has 2 heterocycles. The maximum absolute atomic E-state index is 10.7. The maximum Gasteiger partial charge on any atom is 0.354 e. The Kier molecular flexibility index (Phi) is 2.86. The fraction of sp³-hybridized carbons (Fsp3) is 0.0909. The van der Waals surface area contributed by atoms with Gasteiger partial charge in [-0.1, -0.05) is 6.07 Å². The monoisotopic (exact) mass is 215 g/mol. The lowest BCUT2D eigenvalue weighted by molar-refractivity contribution is 0.0690. The molecule has 1 N–H and O–H groups in total. The van der Waals surface area contributed by atoms with E-state index in [1.54, 1.807) is 6.20 Å². The molecule has 0 saturated heterocycles. The molecule has 0 aliphatic rings. The molecule has 2 aromatic heterocycles. The number of hydrogen-bond donors (Lipinski definition) is 1.